The molecule has 0 saturated carbocycles. The van der Waals surface area contributed by atoms with E-state index in [0.29, 0.717) is 5.46 Å². The second-order valence-corrected chi connectivity index (χ2v) is 35.2. The van der Waals surface area contributed by atoms with E-state index in [2.05, 4.69) is 433 Å². The smallest absolute Gasteiger partial charge is 1.00 e. The first-order chi connectivity index (χ1) is 54.2. The number of pyridine rings is 2. The summed E-state index contributed by atoms with van der Waals surface area (Å²) in [5.74, 6) is 0. The zero-order chi connectivity index (χ0) is 76.8. The molecule has 113 heavy (non-hydrogen) atoms. The molecule has 0 aliphatic heterocycles. The number of carbonyl (C=O) groups excluding carboxylic acids is 1. The van der Waals surface area contributed by atoms with Gasteiger partial charge in [0, 0.05) is 47.3 Å². The third-order valence-electron chi connectivity index (χ3n) is 15.8. The van der Waals surface area contributed by atoms with E-state index in [0.717, 1.165) is 23.9 Å². The Labute approximate surface area is 761 Å². The third kappa shape index (κ3) is 33.5. The Kier molecular flexibility index (Phi) is 47.1. The van der Waals surface area contributed by atoms with Crippen LogP contribution in [-0.2, 0) is 30.1 Å². The van der Waals surface area contributed by atoms with Crippen molar-refractivity contribution in [3.8, 4) is 11.3 Å². The molecular formula is C95H80BBr2IN2Na2O5P4Pd. The Morgan fingerprint density at radius 1 is 0.301 bits per heavy atom. The molecule has 0 fully saturated rings. The maximum Gasteiger partial charge on any atom is 1.00 e. The van der Waals surface area contributed by atoms with Crippen LogP contribution in [0.25, 0.3) is 11.3 Å². The number of aromatic nitrogens is 2. The van der Waals surface area contributed by atoms with Crippen molar-refractivity contribution >= 4 is 169 Å². The summed E-state index contributed by atoms with van der Waals surface area (Å²) < 4.78 is 3.06. The minimum atomic E-state index is -1.37. The minimum absolute atomic E-state index is 0. The number of halogens is 3. The fourth-order valence-electron chi connectivity index (χ4n) is 10.8. The fourth-order valence-corrected chi connectivity index (χ4v) is 21.0. The Bertz CT molecular complexity index is 4230. The van der Waals surface area contributed by atoms with Crippen molar-refractivity contribution in [3.63, 3.8) is 0 Å². The monoisotopic (exact) mass is 1900 g/mol. The van der Waals surface area contributed by atoms with E-state index in [9.17, 15) is 0 Å². The van der Waals surface area contributed by atoms with E-state index in [-0.39, 0.29) is 87.4 Å². The van der Waals surface area contributed by atoms with Gasteiger partial charge in [0.05, 0.1) is 5.69 Å². The summed E-state index contributed by atoms with van der Waals surface area (Å²) in [4.78, 5) is 19.5. The van der Waals surface area contributed by atoms with Gasteiger partial charge in [-0.3, -0.25) is 14.8 Å². The van der Waals surface area contributed by atoms with Crippen LogP contribution < -0.4 is 133 Å². The maximum absolute atomic E-state index is 8.65. The van der Waals surface area contributed by atoms with Gasteiger partial charge < -0.3 is 21.6 Å². The molecule has 16 aromatic rings. The molecule has 0 amide bonds. The van der Waals surface area contributed by atoms with Crippen LogP contribution in [0.2, 0.25) is 0 Å². The van der Waals surface area contributed by atoms with E-state index in [4.69, 9.17) is 20.1 Å². The van der Waals surface area contributed by atoms with Crippen molar-refractivity contribution in [2.24, 2.45) is 0 Å². The van der Waals surface area contributed by atoms with Gasteiger partial charge >= 0.3 is 66.2 Å². The van der Waals surface area contributed by atoms with Crippen LogP contribution in [-0.4, -0.2) is 33.6 Å². The summed E-state index contributed by atoms with van der Waals surface area (Å²) in [5, 5.41) is 42.5. The van der Waals surface area contributed by atoms with Gasteiger partial charge in [-0.05, 0) is 172 Å². The van der Waals surface area contributed by atoms with Crippen molar-refractivity contribution in [2.75, 3.05) is 0 Å². The molecule has 18 heteroatoms. The first-order valence-electron chi connectivity index (χ1n) is 35.1. The van der Waals surface area contributed by atoms with E-state index < -0.39 is 38.8 Å². The van der Waals surface area contributed by atoms with Gasteiger partial charge in [-0.2, -0.15) is 0 Å². The standard InChI is InChI=1S/4C18H15P.C11H8BrN.C6H6BBrO2.C5H4IN.CH2O3.2Na.Pd.H/c4*1-4-10-16(11-5-1)19(17-12-6-2-7-13-17)18-14-8-3-9-15-18;12-10-6-4-9(5-7-10)11-3-1-2-8-13-11;8-6-3-1-5(2-4-6)7(9)10;6-5-3-1-2-4-7-5;2-1-4-3;;;;/h4*1-15H;1-8H;1-4,9-10H;1-4H;1,3H;;;;/q;;;;;;;;2*+1;;-1/p-1. The van der Waals surface area contributed by atoms with E-state index in [1.165, 1.54) is 63.7 Å². The van der Waals surface area contributed by atoms with Gasteiger partial charge in [0.25, 0.3) is 6.47 Å². The summed E-state index contributed by atoms with van der Waals surface area (Å²) in [5.41, 5.74) is 2.65. The van der Waals surface area contributed by atoms with Crippen molar-refractivity contribution in [3.05, 3.63) is 474 Å². The number of carbonyl (C=O) groups is 1. The zero-order valence-corrected chi connectivity index (χ0v) is 76.7. The van der Waals surface area contributed by atoms with Crippen LogP contribution in [0.5, 0.6) is 0 Å². The topological polar surface area (TPSA) is 116 Å². The maximum atomic E-state index is 8.65. The molecule has 0 atom stereocenters. The molecule has 7 nitrogen and oxygen atoms in total. The molecule has 0 aliphatic rings. The Hall–Kier alpha value is -7.13. The van der Waals surface area contributed by atoms with Crippen LogP contribution in [0.15, 0.2) is 470 Å². The van der Waals surface area contributed by atoms with Gasteiger partial charge in [0.15, 0.2) is 0 Å². The summed E-state index contributed by atoms with van der Waals surface area (Å²) in [6.07, 6.45) is 3.58. The summed E-state index contributed by atoms with van der Waals surface area (Å²) in [7, 11) is -3.15. The molecule has 2 aromatic heterocycles. The molecule has 2 N–H and O–H groups in total. The second kappa shape index (κ2) is 56.2. The zero-order valence-electron chi connectivity index (χ0n) is 63.3. The average molecular weight is 1900 g/mol. The molecule has 0 bridgehead atoms. The van der Waals surface area contributed by atoms with Crippen LogP contribution >= 0.6 is 86.1 Å². The summed E-state index contributed by atoms with van der Waals surface area (Å²) >= 11 is 8.80. The van der Waals surface area contributed by atoms with E-state index >= 15 is 0 Å². The Morgan fingerprint density at radius 2 is 0.487 bits per heavy atom. The van der Waals surface area contributed by atoms with E-state index in [1.807, 2.05) is 60.7 Å². The van der Waals surface area contributed by atoms with Crippen molar-refractivity contribution in [1.29, 1.82) is 0 Å². The number of nitrogens with zero attached hydrogens (tertiary/aromatic N) is 2. The van der Waals surface area contributed by atoms with Crippen molar-refractivity contribution in [2.45, 2.75) is 0 Å². The molecule has 14 aromatic carbocycles. The van der Waals surface area contributed by atoms with Crippen LogP contribution in [0.4, 0.5) is 0 Å². The predicted molar refractivity (Wildman–Crippen MR) is 487 cm³/mol. The molecule has 556 valence electrons. The number of hydrogen-bond donors (Lipinski definition) is 2. The van der Waals surface area contributed by atoms with Gasteiger partial charge in [0.2, 0.25) is 0 Å². The fraction of sp³-hybridized carbons (Fsp3) is 0. The molecular weight excluding hydrogens is 1820 g/mol. The molecule has 0 radical (unpaired) electrons. The molecule has 0 unspecified atom stereocenters. The molecule has 2 heterocycles. The number of benzene rings is 14. The van der Waals surface area contributed by atoms with Gasteiger partial charge in [-0.1, -0.05) is 432 Å². The Balaban J connectivity index is 0.000000238. The second-order valence-electron chi connectivity index (χ2n) is 23.4. The van der Waals surface area contributed by atoms with Gasteiger partial charge in [-0.25, -0.2) is 0 Å². The normalized spacial score (nSPS) is 9.82. The third-order valence-corrected chi connectivity index (χ3v) is 27.3. The SMILES string of the molecule is Brc1ccc(-c2ccccn2)cc1.Ic1ccccn1.O=CO[O-].OB(O)c1ccc(Br)cc1.[H-].[Na+].[Na+].[Pd].c1ccc(P(c2ccccc2)c2ccccc2)cc1.c1ccc(P(c2ccccc2)c2ccccc2)cc1.c1ccc(P(c2ccccc2)c2ccccc2)cc1.c1ccc(P(c2ccccc2)c2ccccc2)cc1. The molecule has 0 aliphatic carbocycles. The van der Waals surface area contributed by atoms with Gasteiger partial charge in [-0.15, -0.1) is 0 Å². The van der Waals surface area contributed by atoms with Crippen LogP contribution in [0, 0.1) is 3.70 Å². The summed E-state index contributed by atoms with van der Waals surface area (Å²) in [6.45, 7) is -0.181. The van der Waals surface area contributed by atoms with Crippen LogP contribution in [0.1, 0.15) is 1.43 Å². The molecule has 0 spiro atoms. The van der Waals surface area contributed by atoms with Crippen molar-refractivity contribution in [1.82, 2.24) is 9.97 Å². The number of hydrogen-bond acceptors (Lipinski definition) is 7. The Morgan fingerprint density at radius 3 is 0.637 bits per heavy atom. The summed E-state index contributed by atoms with van der Waals surface area (Å²) in [6, 6.07) is 156. The average Bonchev–Trinajstić information content (AvgIpc) is 0.838. The van der Waals surface area contributed by atoms with E-state index in [1.54, 1.807) is 36.7 Å². The molecule has 16 rings (SSSR count). The number of rotatable bonds is 15. The largest absolute Gasteiger partial charge is 1.00 e. The first kappa shape index (κ1) is 94.7. The molecule has 0 saturated heterocycles. The van der Waals surface area contributed by atoms with Crippen molar-refractivity contribution < 1.29 is 106 Å². The minimum Gasteiger partial charge on any atom is -1.00 e. The first-order valence-corrected chi connectivity index (χ1v) is 43.1. The quantitative estimate of drug-likeness (QED) is 0.0200. The van der Waals surface area contributed by atoms with Crippen LogP contribution in [0.3, 0.4) is 0 Å². The predicted octanol–water partition coefficient (Wildman–Crippen LogP) is 11.7. The van der Waals surface area contributed by atoms with Gasteiger partial charge in [0.1, 0.15) is 3.70 Å².